The SMILES string of the molecule is C=C1[C@@H](n2cnc3c(C)ncnc32)C[C@H](O)[C@@]1(F)COP(=O)(NC(C)C(=O)OCC(C)(C)C)Oc1ccccc1. The summed E-state index contributed by atoms with van der Waals surface area (Å²) in [5, 5.41) is 13.4. The fourth-order valence-electron chi connectivity index (χ4n) is 4.29. The number of imidazole rings is 1. The fourth-order valence-corrected chi connectivity index (χ4v) is 5.81. The van der Waals surface area contributed by atoms with E-state index in [1.54, 1.807) is 41.8 Å². The van der Waals surface area contributed by atoms with Gasteiger partial charge in [-0.05, 0) is 37.0 Å². The molecule has 4 rings (SSSR count). The van der Waals surface area contributed by atoms with Crippen LogP contribution < -0.4 is 9.61 Å². The van der Waals surface area contributed by atoms with Crippen molar-refractivity contribution in [2.45, 2.75) is 64.9 Å². The minimum atomic E-state index is -4.37. The Balaban J connectivity index is 1.54. The maximum absolute atomic E-state index is 16.4. The molecule has 0 radical (unpaired) electrons. The van der Waals surface area contributed by atoms with Gasteiger partial charge in [-0.1, -0.05) is 45.5 Å². The van der Waals surface area contributed by atoms with Gasteiger partial charge in [0, 0.05) is 6.42 Å². The quantitative estimate of drug-likeness (QED) is 0.202. The summed E-state index contributed by atoms with van der Waals surface area (Å²) < 4.78 is 48.4. The van der Waals surface area contributed by atoms with Gasteiger partial charge in [0.25, 0.3) is 0 Å². The number of nitrogens with one attached hydrogen (secondary N) is 1. The number of carbonyl (C=O) groups excluding carboxylic acids is 1. The molecule has 11 nitrogen and oxygen atoms in total. The van der Waals surface area contributed by atoms with E-state index in [2.05, 4.69) is 26.6 Å². The predicted molar refractivity (Wildman–Crippen MR) is 146 cm³/mol. The Morgan fingerprint density at radius 1 is 1.30 bits per heavy atom. The van der Waals surface area contributed by atoms with Crippen molar-refractivity contribution in [2.75, 3.05) is 13.2 Å². The summed E-state index contributed by atoms with van der Waals surface area (Å²) in [7, 11) is -4.37. The highest BCUT2D eigenvalue weighted by atomic mass is 31.2. The number of alkyl halides is 1. The number of aryl methyl sites for hydroxylation is 1. The minimum absolute atomic E-state index is 0.000498. The summed E-state index contributed by atoms with van der Waals surface area (Å²) in [6.45, 7) is 12.1. The summed E-state index contributed by atoms with van der Waals surface area (Å²) in [6, 6.07) is 6.32. The molecule has 13 heteroatoms. The Morgan fingerprint density at radius 2 is 2.00 bits per heavy atom. The number of aliphatic hydroxyl groups is 1. The van der Waals surface area contributed by atoms with Gasteiger partial charge in [0.1, 0.15) is 23.6 Å². The first-order chi connectivity index (χ1) is 18.7. The highest BCUT2D eigenvalue weighted by Crippen LogP contribution is 2.51. The molecule has 2 unspecified atom stereocenters. The highest BCUT2D eigenvalue weighted by molar-refractivity contribution is 7.52. The van der Waals surface area contributed by atoms with Crippen LogP contribution in [0.3, 0.4) is 0 Å². The van der Waals surface area contributed by atoms with Crippen molar-refractivity contribution in [3.05, 3.63) is 60.8 Å². The van der Waals surface area contributed by atoms with Crippen molar-refractivity contribution in [2.24, 2.45) is 5.41 Å². The number of esters is 1. The number of aliphatic hydroxyl groups excluding tert-OH is 1. The first kappa shape index (κ1) is 29.8. The van der Waals surface area contributed by atoms with Crippen molar-refractivity contribution in [3.63, 3.8) is 0 Å². The van der Waals surface area contributed by atoms with Gasteiger partial charge in [0.15, 0.2) is 11.3 Å². The molecule has 1 fully saturated rings. The molecule has 1 aromatic carbocycles. The number of halogens is 1. The van der Waals surface area contributed by atoms with E-state index in [1.807, 2.05) is 20.8 Å². The van der Waals surface area contributed by atoms with Crippen LogP contribution in [0.5, 0.6) is 5.75 Å². The lowest BCUT2D eigenvalue weighted by Gasteiger charge is -2.29. The number of aromatic nitrogens is 4. The molecule has 40 heavy (non-hydrogen) atoms. The topological polar surface area (TPSA) is 138 Å². The van der Waals surface area contributed by atoms with Gasteiger partial charge in [-0.3, -0.25) is 9.32 Å². The van der Waals surface area contributed by atoms with Crippen molar-refractivity contribution >= 4 is 24.9 Å². The van der Waals surface area contributed by atoms with Crippen LogP contribution in [-0.2, 0) is 18.6 Å². The van der Waals surface area contributed by atoms with Crippen LogP contribution in [0.4, 0.5) is 4.39 Å². The molecule has 2 aromatic heterocycles. The van der Waals surface area contributed by atoms with Crippen LogP contribution in [0.15, 0.2) is 55.1 Å². The number of nitrogens with zero attached hydrogens (tertiary/aromatic N) is 4. The van der Waals surface area contributed by atoms with E-state index in [0.29, 0.717) is 16.9 Å². The normalized spacial score (nSPS) is 23.6. The Morgan fingerprint density at radius 3 is 2.67 bits per heavy atom. The smallest absolute Gasteiger partial charge is 0.459 e. The fraction of sp³-hybridized carbons (Fsp3) is 0.481. The molecule has 0 spiro atoms. The van der Waals surface area contributed by atoms with Crippen molar-refractivity contribution in [1.82, 2.24) is 24.6 Å². The van der Waals surface area contributed by atoms with Crippen LogP contribution in [0.25, 0.3) is 11.2 Å². The average Bonchev–Trinajstić information content (AvgIpc) is 3.42. The molecule has 0 saturated heterocycles. The molecule has 3 aromatic rings. The second-order valence-electron chi connectivity index (χ2n) is 11.1. The Bertz CT molecular complexity index is 1430. The largest absolute Gasteiger partial charge is 0.464 e. The number of benzene rings is 1. The number of hydrogen-bond donors (Lipinski definition) is 2. The molecule has 0 aliphatic heterocycles. The summed E-state index contributed by atoms with van der Waals surface area (Å²) in [6.07, 6.45) is 1.30. The number of carbonyl (C=O) groups is 1. The van der Waals surface area contributed by atoms with Crippen LogP contribution in [0, 0.1) is 12.3 Å². The maximum atomic E-state index is 16.4. The van der Waals surface area contributed by atoms with E-state index in [0.717, 1.165) is 0 Å². The number of hydrogen-bond acceptors (Lipinski definition) is 9. The first-order valence-electron chi connectivity index (χ1n) is 12.9. The maximum Gasteiger partial charge on any atom is 0.459 e. The highest BCUT2D eigenvalue weighted by Gasteiger charge is 2.53. The van der Waals surface area contributed by atoms with E-state index >= 15 is 4.39 Å². The second kappa shape index (κ2) is 11.4. The average molecular weight is 576 g/mol. The minimum Gasteiger partial charge on any atom is -0.464 e. The van der Waals surface area contributed by atoms with Crippen LogP contribution >= 0.6 is 7.75 Å². The Kier molecular flexibility index (Phi) is 8.46. The zero-order valence-corrected chi connectivity index (χ0v) is 24.1. The van der Waals surface area contributed by atoms with Crippen LogP contribution in [0.2, 0.25) is 0 Å². The molecular formula is C27H35FN5O6P. The lowest BCUT2D eigenvalue weighted by molar-refractivity contribution is -0.148. The zero-order valence-electron chi connectivity index (χ0n) is 23.2. The second-order valence-corrected chi connectivity index (χ2v) is 12.8. The van der Waals surface area contributed by atoms with Crippen molar-refractivity contribution in [1.29, 1.82) is 0 Å². The zero-order chi connectivity index (χ0) is 29.3. The van der Waals surface area contributed by atoms with Crippen LogP contribution in [-0.4, -0.2) is 61.6 Å². The standard InChI is InChI=1S/C27H35FN5O6P/c1-17-21(33-16-31-23-18(2)29-15-30-24(23)33)12-22(34)27(17,28)14-38-40(36,39-20-10-8-7-9-11-20)32-19(3)25(35)37-13-26(4,5)6/h7-11,15-16,19,21-22,34H,1,12-14H2,2-6H3,(H,32,36)/t19?,21-,22-,27+,40?/m0/s1. The number of ether oxygens (including phenoxy) is 1. The molecule has 0 amide bonds. The lowest BCUT2D eigenvalue weighted by atomic mass is 9.99. The third-order valence-corrected chi connectivity index (χ3v) is 8.18. The number of para-hydroxylation sites is 1. The van der Waals surface area contributed by atoms with Gasteiger partial charge in [0.2, 0.25) is 0 Å². The van der Waals surface area contributed by atoms with Gasteiger partial charge < -0.3 is 18.9 Å². The summed E-state index contributed by atoms with van der Waals surface area (Å²) in [4.78, 5) is 25.3. The monoisotopic (exact) mass is 575 g/mol. The van der Waals surface area contributed by atoms with Crippen LogP contribution in [0.1, 0.15) is 45.9 Å². The van der Waals surface area contributed by atoms with E-state index in [4.69, 9.17) is 13.8 Å². The first-order valence-corrected chi connectivity index (χ1v) is 14.4. The van der Waals surface area contributed by atoms with E-state index in [-0.39, 0.29) is 29.8 Å². The third-order valence-electron chi connectivity index (χ3n) is 6.55. The Hall–Kier alpha value is -3.18. The van der Waals surface area contributed by atoms with Gasteiger partial charge in [-0.25, -0.2) is 23.9 Å². The molecule has 1 aliphatic rings. The molecule has 2 N–H and O–H groups in total. The van der Waals surface area contributed by atoms with E-state index in [1.165, 1.54) is 19.6 Å². The van der Waals surface area contributed by atoms with Crippen molar-refractivity contribution in [3.8, 4) is 5.75 Å². The van der Waals surface area contributed by atoms with Gasteiger partial charge in [-0.2, -0.15) is 5.09 Å². The lowest BCUT2D eigenvalue weighted by Crippen LogP contribution is -2.41. The molecule has 0 bridgehead atoms. The molecule has 1 saturated carbocycles. The summed E-state index contributed by atoms with van der Waals surface area (Å²) in [5.74, 6) is -0.509. The molecule has 1 aliphatic carbocycles. The van der Waals surface area contributed by atoms with Crippen molar-refractivity contribution < 1.29 is 32.6 Å². The molecule has 2 heterocycles. The molecule has 5 atom stereocenters. The summed E-state index contributed by atoms with van der Waals surface area (Å²) >= 11 is 0. The Labute approximate surface area is 232 Å². The van der Waals surface area contributed by atoms with E-state index in [9.17, 15) is 14.5 Å². The predicted octanol–water partition coefficient (Wildman–Crippen LogP) is 4.48. The van der Waals surface area contributed by atoms with Gasteiger partial charge >= 0.3 is 13.7 Å². The number of fused-ring (bicyclic) bond motifs is 1. The van der Waals surface area contributed by atoms with E-state index < -0.39 is 44.2 Å². The third kappa shape index (κ3) is 6.41. The molecular weight excluding hydrogens is 540 g/mol. The van der Waals surface area contributed by atoms with Gasteiger partial charge in [-0.15, -0.1) is 0 Å². The molecule has 216 valence electrons. The number of rotatable bonds is 10. The van der Waals surface area contributed by atoms with Gasteiger partial charge in [0.05, 0.1) is 37.4 Å². The summed E-state index contributed by atoms with van der Waals surface area (Å²) in [5.41, 5.74) is -1.09.